The van der Waals surface area contributed by atoms with Crippen molar-refractivity contribution in [1.29, 1.82) is 0 Å². The van der Waals surface area contributed by atoms with Crippen LogP contribution in [0.3, 0.4) is 0 Å². The first kappa shape index (κ1) is 13.1. The Morgan fingerprint density at radius 3 is 2.58 bits per heavy atom. The fourth-order valence-corrected chi connectivity index (χ4v) is 2.34. The number of carboxylic acid groups (broad SMARTS) is 1. The zero-order chi connectivity index (χ0) is 14.2. The van der Waals surface area contributed by atoms with Crippen molar-refractivity contribution in [3.8, 4) is 0 Å². The Labute approximate surface area is 108 Å². The molecule has 0 aliphatic rings. The van der Waals surface area contributed by atoms with E-state index in [0.29, 0.717) is 5.56 Å². The van der Waals surface area contributed by atoms with Crippen molar-refractivity contribution < 1.29 is 22.7 Å². The van der Waals surface area contributed by atoms with E-state index in [0.717, 1.165) is 17.8 Å². The molecule has 0 bridgehead atoms. The zero-order valence-corrected chi connectivity index (χ0v) is 10.9. The Morgan fingerprint density at radius 1 is 1.42 bits per heavy atom. The summed E-state index contributed by atoms with van der Waals surface area (Å²) in [7, 11) is -4.00. The highest BCUT2D eigenvalue weighted by Crippen LogP contribution is 2.20. The fourth-order valence-electron chi connectivity index (χ4n) is 1.34. The first-order chi connectivity index (χ1) is 8.81. The first-order valence-corrected chi connectivity index (χ1v) is 6.67. The third-order valence-electron chi connectivity index (χ3n) is 2.54. The predicted molar refractivity (Wildman–Crippen MR) is 64.5 cm³/mol. The van der Waals surface area contributed by atoms with Gasteiger partial charge in [0.1, 0.15) is 0 Å². The van der Waals surface area contributed by atoms with Crippen molar-refractivity contribution in [1.82, 2.24) is 10.2 Å². The maximum absolute atomic E-state index is 11.9. The number of aromatic nitrogens is 2. The van der Waals surface area contributed by atoms with Crippen LogP contribution < -0.4 is 4.72 Å². The lowest BCUT2D eigenvalue weighted by Gasteiger charge is -2.03. The molecule has 0 radical (unpaired) electrons. The number of nitrogens with one attached hydrogen (secondary N) is 2. The van der Waals surface area contributed by atoms with E-state index in [-0.39, 0.29) is 5.82 Å². The average Bonchev–Trinajstić information content (AvgIpc) is 2.92. The van der Waals surface area contributed by atoms with E-state index >= 15 is 0 Å². The van der Waals surface area contributed by atoms with Gasteiger partial charge >= 0.3 is 5.97 Å². The van der Waals surface area contributed by atoms with Crippen LogP contribution in [0.1, 0.15) is 21.8 Å². The molecule has 3 N–H and O–H groups in total. The van der Waals surface area contributed by atoms with Crippen molar-refractivity contribution in [2.45, 2.75) is 18.9 Å². The maximum Gasteiger partial charge on any atom is 0.371 e. The van der Waals surface area contributed by atoms with E-state index in [9.17, 15) is 13.2 Å². The highest BCUT2D eigenvalue weighted by Gasteiger charge is 2.23. The van der Waals surface area contributed by atoms with Crippen molar-refractivity contribution in [3.63, 3.8) is 0 Å². The summed E-state index contributed by atoms with van der Waals surface area (Å²) in [5, 5.41) is 14.6. The number of aromatic amines is 1. The van der Waals surface area contributed by atoms with Crippen LogP contribution in [-0.2, 0) is 10.0 Å². The molecule has 102 valence electrons. The molecule has 0 fully saturated rings. The van der Waals surface area contributed by atoms with Gasteiger partial charge in [0.05, 0.1) is 0 Å². The Hall–Kier alpha value is -2.29. The predicted octanol–water partition coefficient (Wildman–Crippen LogP) is 1.12. The summed E-state index contributed by atoms with van der Waals surface area (Å²) in [5.41, 5.74) is 1.37. The minimum absolute atomic E-state index is 0.144. The van der Waals surface area contributed by atoms with Crippen LogP contribution in [0.25, 0.3) is 0 Å². The molecule has 19 heavy (non-hydrogen) atoms. The number of carboxylic acids is 1. The minimum Gasteiger partial charge on any atom is -0.475 e. The molecule has 0 atom stereocenters. The van der Waals surface area contributed by atoms with Gasteiger partial charge < -0.3 is 9.52 Å². The number of sulfonamides is 1. The average molecular weight is 285 g/mol. The van der Waals surface area contributed by atoms with Crippen LogP contribution in [0.4, 0.5) is 5.82 Å². The van der Waals surface area contributed by atoms with Gasteiger partial charge in [-0.1, -0.05) is 0 Å². The molecule has 0 unspecified atom stereocenters. The molecule has 0 aliphatic carbocycles. The summed E-state index contributed by atoms with van der Waals surface area (Å²) in [6, 6.07) is 2.14. The van der Waals surface area contributed by atoms with Gasteiger partial charge in [-0.25, -0.2) is 4.79 Å². The Morgan fingerprint density at radius 2 is 2.11 bits per heavy atom. The van der Waals surface area contributed by atoms with Gasteiger partial charge in [0.15, 0.2) is 5.82 Å². The summed E-state index contributed by atoms with van der Waals surface area (Å²) in [6.45, 7) is 3.44. The quantitative estimate of drug-likeness (QED) is 0.772. The van der Waals surface area contributed by atoms with Gasteiger partial charge in [-0.3, -0.25) is 9.82 Å². The highest BCUT2D eigenvalue weighted by molar-refractivity contribution is 7.92. The summed E-state index contributed by atoms with van der Waals surface area (Å²) in [6.07, 6.45) is 0. The number of carbonyl (C=O) groups is 1. The van der Waals surface area contributed by atoms with E-state index in [4.69, 9.17) is 9.52 Å². The monoisotopic (exact) mass is 285 g/mol. The standard InChI is InChI=1S/C10H11N3O5S/c1-5-6(2)11-12-9(5)13-19(16,17)8-4-3-7(18-8)10(14)15/h3-4H,1-2H3,(H,14,15)(H2,11,12,13). The number of H-pyrrole nitrogens is 1. The smallest absolute Gasteiger partial charge is 0.371 e. The molecule has 0 saturated carbocycles. The number of aryl methyl sites for hydroxylation is 1. The molecular formula is C10H11N3O5S. The van der Waals surface area contributed by atoms with Crippen molar-refractivity contribution in [3.05, 3.63) is 29.2 Å². The molecule has 0 amide bonds. The van der Waals surface area contributed by atoms with E-state index in [1.54, 1.807) is 13.8 Å². The number of hydrogen-bond acceptors (Lipinski definition) is 5. The van der Waals surface area contributed by atoms with Gasteiger partial charge in [-0.15, -0.1) is 0 Å². The molecular weight excluding hydrogens is 274 g/mol. The van der Waals surface area contributed by atoms with E-state index in [2.05, 4.69) is 14.9 Å². The van der Waals surface area contributed by atoms with E-state index in [1.165, 1.54) is 0 Å². The highest BCUT2D eigenvalue weighted by atomic mass is 32.2. The second kappa shape index (κ2) is 4.43. The SMILES string of the molecule is Cc1[nH]nc(NS(=O)(=O)c2ccc(C(=O)O)o2)c1C. The summed E-state index contributed by atoms with van der Waals surface area (Å²) in [5.74, 6) is -1.64. The zero-order valence-electron chi connectivity index (χ0n) is 10.1. The minimum atomic E-state index is -4.00. The second-order valence-corrected chi connectivity index (χ2v) is 5.46. The molecule has 0 aliphatic heterocycles. The number of anilines is 1. The molecule has 8 nitrogen and oxygen atoms in total. The lowest BCUT2D eigenvalue weighted by Crippen LogP contribution is -2.13. The lowest BCUT2D eigenvalue weighted by molar-refractivity contribution is 0.0656. The molecule has 2 aromatic rings. The molecule has 0 aromatic carbocycles. The molecule has 2 heterocycles. The third-order valence-corrected chi connectivity index (χ3v) is 3.75. The molecule has 0 spiro atoms. The van der Waals surface area contributed by atoms with Crippen LogP contribution in [-0.4, -0.2) is 29.7 Å². The number of furan rings is 1. The Kier molecular flexibility index (Phi) is 3.06. The lowest BCUT2D eigenvalue weighted by atomic mass is 10.3. The van der Waals surface area contributed by atoms with Crippen molar-refractivity contribution >= 4 is 21.8 Å². The van der Waals surface area contributed by atoms with E-state index < -0.39 is 26.8 Å². The fraction of sp³-hybridized carbons (Fsp3) is 0.200. The van der Waals surface area contributed by atoms with Crippen LogP contribution in [0.2, 0.25) is 0 Å². The van der Waals surface area contributed by atoms with Crippen LogP contribution in [0.5, 0.6) is 0 Å². The van der Waals surface area contributed by atoms with Gasteiger partial charge in [0.25, 0.3) is 10.0 Å². The largest absolute Gasteiger partial charge is 0.475 e. The maximum atomic E-state index is 11.9. The number of rotatable bonds is 4. The molecule has 2 rings (SSSR count). The number of nitrogens with zero attached hydrogens (tertiary/aromatic N) is 1. The molecule has 9 heteroatoms. The van der Waals surface area contributed by atoms with Crippen molar-refractivity contribution in [2.24, 2.45) is 0 Å². The van der Waals surface area contributed by atoms with Crippen molar-refractivity contribution in [2.75, 3.05) is 4.72 Å². The van der Waals surface area contributed by atoms with Crippen LogP contribution >= 0.6 is 0 Å². The number of aromatic carboxylic acids is 1. The topological polar surface area (TPSA) is 125 Å². The number of hydrogen-bond donors (Lipinski definition) is 3. The van der Waals surface area contributed by atoms with Gasteiger partial charge in [-0.2, -0.15) is 13.5 Å². The molecule has 0 saturated heterocycles. The molecule has 2 aromatic heterocycles. The Bertz CT molecular complexity index is 728. The van der Waals surface area contributed by atoms with E-state index in [1.807, 2.05) is 0 Å². The summed E-state index contributed by atoms with van der Waals surface area (Å²) in [4.78, 5) is 10.6. The van der Waals surface area contributed by atoms with Gasteiger partial charge in [-0.05, 0) is 26.0 Å². The second-order valence-electron chi connectivity index (χ2n) is 3.85. The first-order valence-electron chi connectivity index (χ1n) is 5.19. The van der Waals surface area contributed by atoms with Crippen LogP contribution in [0, 0.1) is 13.8 Å². The normalized spacial score (nSPS) is 11.5. The summed E-state index contributed by atoms with van der Waals surface area (Å²) >= 11 is 0. The summed E-state index contributed by atoms with van der Waals surface area (Å²) < 4.78 is 30.9. The van der Waals surface area contributed by atoms with Gasteiger partial charge in [0, 0.05) is 11.3 Å². The van der Waals surface area contributed by atoms with Gasteiger partial charge in [0.2, 0.25) is 10.9 Å². The third kappa shape index (κ3) is 2.45. The Balaban J connectivity index is 2.32. The van der Waals surface area contributed by atoms with Crippen LogP contribution in [0.15, 0.2) is 21.6 Å².